The van der Waals surface area contributed by atoms with E-state index in [4.69, 9.17) is 34.8 Å². The number of amides is 4. The molecule has 6 unspecified atom stereocenters. The van der Waals surface area contributed by atoms with Crippen molar-refractivity contribution in [2.75, 3.05) is 11.9 Å². The molecule has 0 radical (unpaired) electrons. The van der Waals surface area contributed by atoms with Crippen LogP contribution in [0, 0.1) is 24.7 Å². The lowest BCUT2D eigenvalue weighted by molar-refractivity contribution is -0.138. The van der Waals surface area contributed by atoms with Crippen LogP contribution >= 0.6 is 34.8 Å². The number of likely N-dealkylation sites (tertiary alicyclic amines) is 1. The predicted octanol–water partition coefficient (Wildman–Crippen LogP) is 4.55. The van der Waals surface area contributed by atoms with Crippen molar-refractivity contribution in [3.63, 3.8) is 0 Å². The summed E-state index contributed by atoms with van der Waals surface area (Å²) in [4.78, 5) is 52.7. The number of rotatable bonds is 2. The molecule has 1 N–H and O–H groups in total. The van der Waals surface area contributed by atoms with Gasteiger partial charge in [0.2, 0.25) is 11.8 Å². The SMILES string of the molecule is Cc1cccc(C2C3=CCC4C(=O)N(c5ccc(Cl)cc5)C(=O)C4C3CC3(Cl)C(=O)N(C)C(=O)C23Cl)c1O. The zero-order valence-electron chi connectivity index (χ0n) is 20.5. The van der Waals surface area contributed by atoms with Crippen molar-refractivity contribution < 1.29 is 24.3 Å². The van der Waals surface area contributed by atoms with Crippen molar-refractivity contribution >= 4 is 64.1 Å². The lowest BCUT2D eigenvalue weighted by Gasteiger charge is -2.50. The molecular formula is C28H23Cl3N2O5. The average molecular weight is 574 g/mol. The van der Waals surface area contributed by atoms with Gasteiger partial charge in [-0.05, 0) is 55.5 Å². The fourth-order valence-corrected chi connectivity index (χ4v) is 7.99. The van der Waals surface area contributed by atoms with E-state index < -0.39 is 51.1 Å². The predicted molar refractivity (Wildman–Crippen MR) is 142 cm³/mol. The van der Waals surface area contributed by atoms with Gasteiger partial charge in [-0.15, -0.1) is 23.2 Å². The van der Waals surface area contributed by atoms with Gasteiger partial charge in [0, 0.05) is 23.6 Å². The summed E-state index contributed by atoms with van der Waals surface area (Å²) in [6.45, 7) is 1.72. The first-order valence-electron chi connectivity index (χ1n) is 12.3. The summed E-state index contributed by atoms with van der Waals surface area (Å²) >= 11 is 20.3. The van der Waals surface area contributed by atoms with E-state index in [2.05, 4.69) is 0 Å². The minimum absolute atomic E-state index is 0.0633. The highest BCUT2D eigenvalue weighted by Gasteiger charge is 2.76. The van der Waals surface area contributed by atoms with Gasteiger partial charge in [0.1, 0.15) is 5.75 Å². The Morgan fingerprint density at radius 2 is 1.63 bits per heavy atom. The number of allylic oxidation sites excluding steroid dienone is 2. The molecule has 2 saturated heterocycles. The van der Waals surface area contributed by atoms with Gasteiger partial charge in [-0.25, -0.2) is 0 Å². The van der Waals surface area contributed by atoms with Gasteiger partial charge in [0.25, 0.3) is 11.8 Å². The Labute approximate surface area is 233 Å². The molecular weight excluding hydrogens is 551 g/mol. The van der Waals surface area contributed by atoms with Crippen LogP contribution in [0.15, 0.2) is 54.1 Å². The molecule has 4 amide bonds. The number of benzene rings is 2. The molecule has 2 heterocycles. The van der Waals surface area contributed by atoms with Crippen LogP contribution in [-0.4, -0.2) is 50.4 Å². The Bertz CT molecular complexity index is 1470. The summed E-state index contributed by atoms with van der Waals surface area (Å²) in [7, 11) is 1.33. The number of phenolic OH excluding ortho intramolecular Hbond substituents is 1. The van der Waals surface area contributed by atoms with Crippen LogP contribution in [0.1, 0.15) is 29.9 Å². The molecule has 1 saturated carbocycles. The fourth-order valence-electron chi connectivity index (χ4n) is 6.85. The smallest absolute Gasteiger partial charge is 0.253 e. The maximum atomic E-state index is 13.9. The van der Waals surface area contributed by atoms with Crippen LogP contribution in [0.5, 0.6) is 5.75 Å². The number of carbonyl (C=O) groups is 4. The third-order valence-electron chi connectivity index (χ3n) is 8.68. The number of fused-ring (bicyclic) bond motifs is 4. The van der Waals surface area contributed by atoms with E-state index in [1.54, 1.807) is 49.4 Å². The summed E-state index contributed by atoms with van der Waals surface area (Å²) < 4.78 is 0. The number of para-hydroxylation sites is 1. The topological polar surface area (TPSA) is 95.0 Å². The second kappa shape index (κ2) is 8.31. The summed E-state index contributed by atoms with van der Waals surface area (Å²) in [6, 6.07) is 11.5. The van der Waals surface area contributed by atoms with Gasteiger partial charge >= 0.3 is 0 Å². The Kier molecular flexibility index (Phi) is 5.56. The van der Waals surface area contributed by atoms with Crippen molar-refractivity contribution in [3.05, 3.63) is 70.3 Å². The molecule has 0 aromatic heterocycles. The van der Waals surface area contributed by atoms with E-state index in [0.29, 0.717) is 27.4 Å². The van der Waals surface area contributed by atoms with E-state index in [9.17, 15) is 24.3 Å². The van der Waals surface area contributed by atoms with Crippen molar-refractivity contribution in [1.29, 1.82) is 0 Å². The Morgan fingerprint density at radius 3 is 2.32 bits per heavy atom. The molecule has 6 rings (SSSR count). The molecule has 0 spiro atoms. The highest BCUT2D eigenvalue weighted by molar-refractivity contribution is 6.53. The molecule has 2 aliphatic heterocycles. The summed E-state index contributed by atoms with van der Waals surface area (Å²) in [5.41, 5.74) is 1.95. The Balaban J connectivity index is 1.53. The minimum atomic E-state index is -1.93. The number of anilines is 1. The van der Waals surface area contributed by atoms with E-state index in [-0.39, 0.29) is 24.5 Å². The fraction of sp³-hybridized carbons (Fsp3) is 0.357. The minimum Gasteiger partial charge on any atom is -0.507 e. The molecule has 3 fully saturated rings. The third-order valence-corrected chi connectivity index (χ3v) is 10.3. The van der Waals surface area contributed by atoms with Gasteiger partial charge in [-0.3, -0.25) is 29.0 Å². The van der Waals surface area contributed by atoms with Crippen molar-refractivity contribution in [2.24, 2.45) is 17.8 Å². The number of imide groups is 2. The number of nitrogens with zero attached hydrogens (tertiary/aromatic N) is 2. The van der Waals surface area contributed by atoms with Crippen LogP contribution in [0.4, 0.5) is 5.69 Å². The van der Waals surface area contributed by atoms with Crippen LogP contribution in [0.3, 0.4) is 0 Å². The van der Waals surface area contributed by atoms with E-state index >= 15 is 0 Å². The third kappa shape index (κ3) is 3.04. The average Bonchev–Trinajstić information content (AvgIpc) is 3.22. The highest BCUT2D eigenvalue weighted by atomic mass is 35.5. The highest BCUT2D eigenvalue weighted by Crippen LogP contribution is 2.66. The molecule has 2 aromatic carbocycles. The first-order chi connectivity index (χ1) is 17.9. The molecule has 2 aromatic rings. The van der Waals surface area contributed by atoms with Crippen molar-refractivity contribution in [2.45, 2.75) is 35.4 Å². The normalized spacial score (nSPS) is 34.3. The number of alkyl halides is 2. The number of carbonyl (C=O) groups excluding carboxylic acids is 4. The number of aromatic hydroxyl groups is 1. The molecule has 0 bridgehead atoms. The summed E-state index contributed by atoms with van der Waals surface area (Å²) in [5, 5.41) is 11.6. The van der Waals surface area contributed by atoms with E-state index in [1.165, 1.54) is 11.9 Å². The summed E-state index contributed by atoms with van der Waals surface area (Å²) in [6.07, 6.45) is 1.98. The maximum Gasteiger partial charge on any atom is 0.253 e. The Morgan fingerprint density at radius 1 is 0.947 bits per heavy atom. The molecule has 38 heavy (non-hydrogen) atoms. The zero-order valence-corrected chi connectivity index (χ0v) is 22.7. The van der Waals surface area contributed by atoms with Gasteiger partial charge in [-0.1, -0.05) is 41.4 Å². The van der Waals surface area contributed by atoms with Crippen LogP contribution < -0.4 is 4.90 Å². The number of hydrogen-bond donors (Lipinski definition) is 1. The number of hydrogen-bond acceptors (Lipinski definition) is 5. The largest absolute Gasteiger partial charge is 0.507 e. The van der Waals surface area contributed by atoms with E-state index in [0.717, 1.165) is 4.90 Å². The second-order valence-electron chi connectivity index (χ2n) is 10.5. The van der Waals surface area contributed by atoms with Gasteiger partial charge in [-0.2, -0.15) is 0 Å². The van der Waals surface area contributed by atoms with Crippen LogP contribution in [0.25, 0.3) is 0 Å². The number of phenols is 1. The second-order valence-corrected chi connectivity index (χ2v) is 12.2. The molecule has 6 atom stereocenters. The van der Waals surface area contributed by atoms with Gasteiger partial charge in [0.15, 0.2) is 9.75 Å². The van der Waals surface area contributed by atoms with E-state index in [1.807, 2.05) is 6.08 Å². The standard InChI is InChI=1S/C28H23Cl3N2O5/c1-13-4-3-5-18(22(13)34)21-16-10-11-17-20(24(36)33(23(17)35)15-8-6-14(29)7-9-15)19(16)12-27(30)25(37)32(2)26(38)28(21,27)31/h3-10,17,19-21,34H,11-12H2,1-2H3. The first-order valence-corrected chi connectivity index (χ1v) is 13.4. The maximum absolute atomic E-state index is 13.9. The van der Waals surface area contributed by atoms with Crippen LogP contribution in [-0.2, 0) is 19.2 Å². The lowest BCUT2D eigenvalue weighted by Crippen LogP contribution is -2.60. The van der Waals surface area contributed by atoms with Crippen molar-refractivity contribution in [3.8, 4) is 5.75 Å². The lowest BCUT2D eigenvalue weighted by atomic mass is 9.56. The van der Waals surface area contributed by atoms with Gasteiger partial charge in [0.05, 0.1) is 17.5 Å². The van der Waals surface area contributed by atoms with Crippen LogP contribution in [0.2, 0.25) is 5.02 Å². The Hall–Kier alpha value is -2.87. The monoisotopic (exact) mass is 572 g/mol. The summed E-state index contributed by atoms with van der Waals surface area (Å²) in [5.74, 6) is -5.25. The van der Waals surface area contributed by atoms with Crippen molar-refractivity contribution in [1.82, 2.24) is 4.90 Å². The molecule has 7 nitrogen and oxygen atoms in total. The number of halogens is 3. The molecule has 2 aliphatic carbocycles. The zero-order chi connectivity index (χ0) is 27.3. The first kappa shape index (κ1) is 25.4. The molecule has 10 heteroatoms. The molecule has 196 valence electrons. The molecule has 4 aliphatic rings. The quantitative estimate of drug-likeness (QED) is 0.323. The number of aryl methyl sites for hydroxylation is 1. The van der Waals surface area contributed by atoms with Gasteiger partial charge < -0.3 is 5.11 Å².